The third-order valence-corrected chi connectivity index (χ3v) is 2.29. The summed E-state index contributed by atoms with van der Waals surface area (Å²) in [7, 11) is 0. The molecule has 0 saturated heterocycles. The first-order valence-electron chi connectivity index (χ1n) is 5.00. The van der Waals surface area contributed by atoms with Gasteiger partial charge in [-0.25, -0.2) is 4.39 Å². The highest BCUT2D eigenvalue weighted by Crippen LogP contribution is 2.23. The Hall–Kier alpha value is -1.14. The Morgan fingerprint density at radius 1 is 1.29 bits per heavy atom. The van der Waals surface area contributed by atoms with Crippen molar-refractivity contribution >= 4 is 0 Å². The van der Waals surface area contributed by atoms with Crippen molar-refractivity contribution in [3.63, 3.8) is 0 Å². The highest BCUT2D eigenvalue weighted by molar-refractivity contribution is 5.20. The summed E-state index contributed by atoms with van der Waals surface area (Å²) in [4.78, 5) is 0. The molecular weight excluding hydrogens is 238 g/mol. The van der Waals surface area contributed by atoms with Gasteiger partial charge in [-0.2, -0.15) is 13.2 Å². The van der Waals surface area contributed by atoms with Crippen molar-refractivity contribution in [2.24, 2.45) is 5.73 Å². The van der Waals surface area contributed by atoms with E-state index < -0.39 is 24.1 Å². The molecule has 0 aliphatic rings. The molecule has 2 unspecified atom stereocenters. The Bertz CT molecular complexity index is 367. The average molecular weight is 251 g/mol. The van der Waals surface area contributed by atoms with E-state index >= 15 is 0 Å². The molecule has 1 rings (SSSR count). The zero-order valence-corrected chi connectivity index (χ0v) is 9.17. The van der Waals surface area contributed by atoms with Gasteiger partial charge in [0.25, 0.3) is 0 Å². The molecule has 17 heavy (non-hydrogen) atoms. The zero-order chi connectivity index (χ0) is 13.1. The van der Waals surface area contributed by atoms with Gasteiger partial charge in [-0.15, -0.1) is 0 Å². The van der Waals surface area contributed by atoms with Crippen LogP contribution < -0.4 is 5.73 Å². The van der Waals surface area contributed by atoms with Crippen LogP contribution in [0.25, 0.3) is 0 Å². The Kier molecular flexibility index (Phi) is 4.47. The molecule has 0 aliphatic heterocycles. The first-order valence-corrected chi connectivity index (χ1v) is 5.00. The van der Waals surface area contributed by atoms with Crippen LogP contribution in [0.4, 0.5) is 17.6 Å². The summed E-state index contributed by atoms with van der Waals surface area (Å²) in [6.45, 7) is 0.496. The summed E-state index contributed by atoms with van der Waals surface area (Å²) in [6.07, 6.45) is -6.35. The van der Waals surface area contributed by atoms with Crippen LogP contribution in [-0.2, 0) is 4.74 Å². The van der Waals surface area contributed by atoms with Crippen LogP contribution in [0.3, 0.4) is 0 Å². The van der Waals surface area contributed by atoms with Crippen LogP contribution in [0.1, 0.15) is 18.5 Å². The molecule has 2 N–H and O–H groups in total. The molecule has 0 saturated carbocycles. The number of hydrogen-bond acceptors (Lipinski definition) is 2. The summed E-state index contributed by atoms with van der Waals surface area (Å²) >= 11 is 0. The van der Waals surface area contributed by atoms with E-state index in [1.54, 1.807) is 6.07 Å². The normalized spacial score (nSPS) is 15.6. The third kappa shape index (κ3) is 3.98. The third-order valence-electron chi connectivity index (χ3n) is 2.29. The lowest BCUT2D eigenvalue weighted by Crippen LogP contribution is -2.31. The van der Waals surface area contributed by atoms with Crippen molar-refractivity contribution < 1.29 is 22.3 Å². The highest BCUT2D eigenvalue weighted by atomic mass is 19.4. The average Bonchev–Trinajstić information content (AvgIpc) is 2.24. The van der Waals surface area contributed by atoms with E-state index in [9.17, 15) is 17.6 Å². The zero-order valence-electron chi connectivity index (χ0n) is 9.17. The van der Waals surface area contributed by atoms with Crippen LogP contribution in [-0.4, -0.2) is 18.9 Å². The molecule has 96 valence electrons. The van der Waals surface area contributed by atoms with Crippen molar-refractivity contribution in [2.75, 3.05) is 6.61 Å². The topological polar surface area (TPSA) is 35.2 Å². The first kappa shape index (κ1) is 13.9. The quantitative estimate of drug-likeness (QED) is 0.835. The van der Waals surface area contributed by atoms with Gasteiger partial charge in [0.2, 0.25) is 0 Å². The minimum atomic E-state index is -4.44. The molecule has 0 fully saturated rings. The Labute approximate surface area is 96.4 Å². The molecular formula is C11H13F4NO. The van der Waals surface area contributed by atoms with Crippen molar-refractivity contribution in [2.45, 2.75) is 25.2 Å². The number of benzene rings is 1. The highest BCUT2D eigenvalue weighted by Gasteiger charge is 2.37. The van der Waals surface area contributed by atoms with Gasteiger partial charge in [-0.05, 0) is 13.0 Å². The number of nitrogens with two attached hydrogens (primary N) is 1. The summed E-state index contributed by atoms with van der Waals surface area (Å²) in [5.41, 5.74) is 5.70. The van der Waals surface area contributed by atoms with Crippen molar-refractivity contribution in [1.29, 1.82) is 0 Å². The van der Waals surface area contributed by atoms with E-state index in [1.807, 2.05) is 0 Å². The SMILES string of the molecule is CC(OCC(N)c1ccccc1F)C(F)(F)F. The predicted octanol–water partition coefficient (Wildman–Crippen LogP) is 2.79. The van der Waals surface area contributed by atoms with Crippen molar-refractivity contribution in [3.8, 4) is 0 Å². The fraction of sp³-hybridized carbons (Fsp3) is 0.455. The molecule has 6 heteroatoms. The van der Waals surface area contributed by atoms with Crippen LogP contribution >= 0.6 is 0 Å². The summed E-state index contributed by atoms with van der Waals surface area (Å²) in [5, 5.41) is 0. The second kappa shape index (κ2) is 5.46. The van der Waals surface area contributed by atoms with Gasteiger partial charge >= 0.3 is 6.18 Å². The molecule has 1 aromatic rings. The molecule has 0 aromatic heterocycles. The van der Waals surface area contributed by atoms with Gasteiger partial charge in [-0.3, -0.25) is 0 Å². The molecule has 0 radical (unpaired) electrons. The van der Waals surface area contributed by atoms with Gasteiger partial charge in [0.15, 0.2) is 6.10 Å². The fourth-order valence-corrected chi connectivity index (χ4v) is 1.21. The maximum absolute atomic E-state index is 13.2. The first-order chi connectivity index (χ1) is 7.82. The second-order valence-corrected chi connectivity index (χ2v) is 3.65. The minimum Gasteiger partial charge on any atom is -0.367 e. The Morgan fingerprint density at radius 2 is 1.88 bits per heavy atom. The number of alkyl halides is 3. The largest absolute Gasteiger partial charge is 0.414 e. The van der Waals surface area contributed by atoms with E-state index in [0.717, 1.165) is 6.92 Å². The second-order valence-electron chi connectivity index (χ2n) is 3.65. The molecule has 0 amide bonds. The van der Waals surface area contributed by atoms with Crippen molar-refractivity contribution in [1.82, 2.24) is 0 Å². The van der Waals surface area contributed by atoms with Gasteiger partial charge in [0.1, 0.15) is 5.82 Å². The smallest absolute Gasteiger partial charge is 0.367 e. The minimum absolute atomic E-state index is 0.141. The number of hydrogen-bond donors (Lipinski definition) is 1. The molecule has 0 spiro atoms. The number of ether oxygens (including phenoxy) is 1. The number of halogens is 4. The molecule has 0 aliphatic carbocycles. The fourth-order valence-electron chi connectivity index (χ4n) is 1.21. The maximum atomic E-state index is 13.2. The predicted molar refractivity (Wildman–Crippen MR) is 54.8 cm³/mol. The maximum Gasteiger partial charge on any atom is 0.414 e. The van der Waals surface area contributed by atoms with Gasteiger partial charge in [0.05, 0.1) is 12.6 Å². The molecule has 0 heterocycles. The van der Waals surface area contributed by atoms with E-state index in [-0.39, 0.29) is 12.2 Å². The lowest BCUT2D eigenvalue weighted by Gasteiger charge is -2.19. The summed E-state index contributed by atoms with van der Waals surface area (Å²) < 4.78 is 54.2. The van der Waals surface area contributed by atoms with Gasteiger partial charge in [0, 0.05) is 5.56 Å². The summed E-state index contributed by atoms with van der Waals surface area (Å²) in [6, 6.07) is 4.74. The van der Waals surface area contributed by atoms with E-state index in [0.29, 0.717) is 0 Å². The molecule has 1 aromatic carbocycles. The van der Waals surface area contributed by atoms with Crippen LogP contribution in [0.15, 0.2) is 24.3 Å². The van der Waals surface area contributed by atoms with E-state index in [4.69, 9.17) is 5.73 Å². The lowest BCUT2D eigenvalue weighted by atomic mass is 10.1. The van der Waals surface area contributed by atoms with E-state index in [1.165, 1.54) is 18.2 Å². The van der Waals surface area contributed by atoms with Crippen molar-refractivity contribution in [3.05, 3.63) is 35.6 Å². The van der Waals surface area contributed by atoms with Crippen LogP contribution in [0.2, 0.25) is 0 Å². The lowest BCUT2D eigenvalue weighted by molar-refractivity contribution is -0.215. The number of rotatable bonds is 4. The monoisotopic (exact) mass is 251 g/mol. The molecule has 0 bridgehead atoms. The standard InChI is InChI=1S/C11H13F4NO/c1-7(11(13,14)15)17-6-10(16)8-4-2-3-5-9(8)12/h2-5,7,10H,6,16H2,1H3. The molecule has 2 nitrogen and oxygen atoms in total. The Balaban J connectivity index is 2.57. The van der Waals surface area contributed by atoms with Crippen LogP contribution in [0.5, 0.6) is 0 Å². The Morgan fingerprint density at radius 3 is 2.41 bits per heavy atom. The van der Waals surface area contributed by atoms with Gasteiger partial charge < -0.3 is 10.5 Å². The van der Waals surface area contributed by atoms with E-state index in [2.05, 4.69) is 4.74 Å². The summed E-state index contributed by atoms with van der Waals surface area (Å²) in [5.74, 6) is -0.553. The molecule has 2 atom stereocenters. The van der Waals surface area contributed by atoms with Crippen LogP contribution in [0, 0.1) is 5.82 Å². The van der Waals surface area contributed by atoms with Gasteiger partial charge in [-0.1, -0.05) is 18.2 Å².